The molecule has 1 fully saturated rings. The molecule has 4 nitrogen and oxygen atoms in total. The van der Waals surface area contributed by atoms with Gasteiger partial charge in [0, 0.05) is 30.9 Å². The molecule has 1 atom stereocenters. The molecule has 1 heterocycles. The van der Waals surface area contributed by atoms with E-state index in [2.05, 4.69) is 42.4 Å². The Balaban J connectivity index is 1.66. The number of rotatable bonds is 7. The lowest BCUT2D eigenvalue weighted by atomic mass is 9.94. The molecule has 0 saturated heterocycles. The molecule has 0 bridgehead atoms. The normalized spacial score (nSPS) is 18.3. The van der Waals surface area contributed by atoms with Gasteiger partial charge in [0.05, 0.1) is 5.69 Å². The smallest absolute Gasteiger partial charge is 0.0641 e. The molecule has 0 spiro atoms. The van der Waals surface area contributed by atoms with Gasteiger partial charge in [-0.25, -0.2) is 0 Å². The molecule has 1 aromatic heterocycles. The fourth-order valence-corrected chi connectivity index (χ4v) is 3.50. The monoisotopic (exact) mass is 292 g/mol. The van der Waals surface area contributed by atoms with Gasteiger partial charge in [0.15, 0.2) is 0 Å². The molecule has 1 aromatic rings. The quantitative estimate of drug-likeness (QED) is 0.784. The average Bonchev–Trinajstić information content (AvgIpc) is 2.83. The number of aromatic nitrogens is 2. The van der Waals surface area contributed by atoms with Gasteiger partial charge >= 0.3 is 0 Å². The largest absolute Gasteiger partial charge is 0.310 e. The predicted molar refractivity (Wildman–Crippen MR) is 88.5 cm³/mol. The molecule has 0 radical (unpaired) electrons. The lowest BCUT2D eigenvalue weighted by molar-refractivity contribution is 0.189. The van der Waals surface area contributed by atoms with Crippen LogP contribution in [0.15, 0.2) is 6.20 Å². The Bertz CT molecular complexity index is 420. The van der Waals surface area contributed by atoms with E-state index in [9.17, 15) is 0 Å². The Morgan fingerprint density at radius 2 is 2.10 bits per heavy atom. The second-order valence-electron chi connectivity index (χ2n) is 6.65. The lowest BCUT2D eigenvalue weighted by Gasteiger charge is -2.31. The first-order valence-electron chi connectivity index (χ1n) is 8.51. The van der Waals surface area contributed by atoms with Crippen molar-refractivity contribution >= 4 is 0 Å². The summed E-state index contributed by atoms with van der Waals surface area (Å²) < 4.78 is 1.90. The van der Waals surface area contributed by atoms with Crippen LogP contribution in [0.3, 0.4) is 0 Å². The molecule has 1 aliphatic rings. The molecule has 0 aromatic carbocycles. The Hall–Kier alpha value is -0.870. The van der Waals surface area contributed by atoms with Crippen LogP contribution >= 0.6 is 0 Å². The second-order valence-corrected chi connectivity index (χ2v) is 6.65. The van der Waals surface area contributed by atoms with Crippen LogP contribution in [0.2, 0.25) is 0 Å². The van der Waals surface area contributed by atoms with Crippen molar-refractivity contribution in [2.45, 2.75) is 64.5 Å². The number of nitrogens with zero attached hydrogens (tertiary/aromatic N) is 3. The minimum atomic E-state index is 0.388. The number of hydrogen-bond acceptors (Lipinski definition) is 3. The first-order chi connectivity index (χ1) is 10.1. The van der Waals surface area contributed by atoms with E-state index in [-0.39, 0.29) is 0 Å². The standard InChI is InChI=1S/C17H32N4/c1-14(17-13-21(4)19-15(17)2)18-11-8-12-20(3)16-9-6-5-7-10-16/h13-14,16,18H,5-12H2,1-4H3. The maximum Gasteiger partial charge on any atom is 0.0641 e. The minimum Gasteiger partial charge on any atom is -0.310 e. The molecule has 120 valence electrons. The zero-order chi connectivity index (χ0) is 15.2. The highest BCUT2D eigenvalue weighted by Gasteiger charge is 2.17. The van der Waals surface area contributed by atoms with Crippen LogP contribution in [0, 0.1) is 6.92 Å². The van der Waals surface area contributed by atoms with Crippen molar-refractivity contribution in [3.63, 3.8) is 0 Å². The van der Waals surface area contributed by atoms with Crippen molar-refractivity contribution in [1.29, 1.82) is 0 Å². The van der Waals surface area contributed by atoms with E-state index in [1.807, 2.05) is 11.7 Å². The fourth-order valence-electron chi connectivity index (χ4n) is 3.50. The first kappa shape index (κ1) is 16.5. The van der Waals surface area contributed by atoms with Crippen LogP contribution in [-0.4, -0.2) is 40.9 Å². The van der Waals surface area contributed by atoms with Crippen LogP contribution in [-0.2, 0) is 7.05 Å². The van der Waals surface area contributed by atoms with E-state index in [1.165, 1.54) is 50.6 Å². The first-order valence-corrected chi connectivity index (χ1v) is 8.51. The summed E-state index contributed by atoms with van der Waals surface area (Å²) in [5.41, 5.74) is 2.45. The predicted octanol–water partition coefficient (Wildman–Crippen LogP) is 3.03. The van der Waals surface area contributed by atoms with Gasteiger partial charge in [0.1, 0.15) is 0 Å². The van der Waals surface area contributed by atoms with Crippen molar-refractivity contribution in [1.82, 2.24) is 20.0 Å². The summed E-state index contributed by atoms with van der Waals surface area (Å²) in [7, 11) is 4.28. The fraction of sp³-hybridized carbons (Fsp3) is 0.824. The third-order valence-electron chi connectivity index (χ3n) is 4.85. The van der Waals surface area contributed by atoms with E-state index in [0.717, 1.165) is 18.3 Å². The third-order valence-corrected chi connectivity index (χ3v) is 4.85. The SMILES string of the molecule is Cc1nn(C)cc1C(C)NCCCN(C)C1CCCCC1. The summed E-state index contributed by atoms with van der Waals surface area (Å²) in [6.45, 7) is 6.60. The lowest BCUT2D eigenvalue weighted by Crippen LogP contribution is -2.35. The maximum atomic E-state index is 4.42. The van der Waals surface area contributed by atoms with Gasteiger partial charge in [-0.3, -0.25) is 4.68 Å². The van der Waals surface area contributed by atoms with Crippen molar-refractivity contribution in [2.75, 3.05) is 20.1 Å². The topological polar surface area (TPSA) is 33.1 Å². The zero-order valence-corrected chi connectivity index (χ0v) is 14.2. The summed E-state index contributed by atoms with van der Waals surface area (Å²) in [5, 5.41) is 8.05. The van der Waals surface area contributed by atoms with Crippen molar-refractivity contribution in [3.05, 3.63) is 17.5 Å². The van der Waals surface area contributed by atoms with Gasteiger partial charge in [0.25, 0.3) is 0 Å². The second kappa shape index (κ2) is 7.95. The maximum absolute atomic E-state index is 4.42. The average molecular weight is 292 g/mol. The van der Waals surface area contributed by atoms with Gasteiger partial charge in [-0.05, 0) is 53.2 Å². The molecule has 1 N–H and O–H groups in total. The highest BCUT2D eigenvalue weighted by Crippen LogP contribution is 2.21. The third kappa shape index (κ3) is 4.82. The molecule has 4 heteroatoms. The van der Waals surface area contributed by atoms with Crippen LogP contribution in [0.1, 0.15) is 62.7 Å². The van der Waals surface area contributed by atoms with Gasteiger partial charge in [0.2, 0.25) is 0 Å². The summed E-state index contributed by atoms with van der Waals surface area (Å²) in [6.07, 6.45) is 10.4. The van der Waals surface area contributed by atoms with Crippen LogP contribution < -0.4 is 5.32 Å². The van der Waals surface area contributed by atoms with Gasteiger partial charge < -0.3 is 10.2 Å². The summed E-state index contributed by atoms with van der Waals surface area (Å²) in [4.78, 5) is 2.57. The molecule has 2 rings (SSSR count). The van der Waals surface area contributed by atoms with E-state index in [0.29, 0.717) is 6.04 Å². The number of hydrogen-bond donors (Lipinski definition) is 1. The van der Waals surface area contributed by atoms with Crippen molar-refractivity contribution < 1.29 is 0 Å². The van der Waals surface area contributed by atoms with E-state index < -0.39 is 0 Å². The van der Waals surface area contributed by atoms with Crippen molar-refractivity contribution in [2.24, 2.45) is 7.05 Å². The highest BCUT2D eigenvalue weighted by molar-refractivity contribution is 5.19. The number of aryl methyl sites for hydroxylation is 2. The summed E-state index contributed by atoms with van der Waals surface area (Å²) >= 11 is 0. The van der Waals surface area contributed by atoms with Crippen LogP contribution in [0.5, 0.6) is 0 Å². The molecule has 1 saturated carbocycles. The Kier molecular flexibility index (Phi) is 6.24. The Morgan fingerprint density at radius 1 is 1.38 bits per heavy atom. The van der Waals surface area contributed by atoms with E-state index >= 15 is 0 Å². The molecular weight excluding hydrogens is 260 g/mol. The molecule has 1 unspecified atom stereocenters. The van der Waals surface area contributed by atoms with Gasteiger partial charge in [-0.1, -0.05) is 19.3 Å². The molecule has 0 amide bonds. The van der Waals surface area contributed by atoms with Gasteiger partial charge in [-0.15, -0.1) is 0 Å². The summed E-state index contributed by atoms with van der Waals surface area (Å²) in [5.74, 6) is 0. The van der Waals surface area contributed by atoms with E-state index in [1.54, 1.807) is 0 Å². The zero-order valence-electron chi connectivity index (χ0n) is 14.2. The molecule has 21 heavy (non-hydrogen) atoms. The van der Waals surface area contributed by atoms with E-state index in [4.69, 9.17) is 0 Å². The Labute approximate surface area is 129 Å². The number of nitrogens with one attached hydrogen (secondary N) is 1. The molecule has 1 aliphatic carbocycles. The summed E-state index contributed by atoms with van der Waals surface area (Å²) in [6, 6.07) is 1.22. The minimum absolute atomic E-state index is 0.388. The highest BCUT2D eigenvalue weighted by atomic mass is 15.3. The molecule has 0 aliphatic heterocycles. The van der Waals surface area contributed by atoms with Gasteiger partial charge in [-0.2, -0.15) is 5.10 Å². The Morgan fingerprint density at radius 3 is 2.71 bits per heavy atom. The van der Waals surface area contributed by atoms with Crippen LogP contribution in [0.25, 0.3) is 0 Å². The van der Waals surface area contributed by atoms with Crippen LogP contribution in [0.4, 0.5) is 0 Å². The molecular formula is C17H32N4. The van der Waals surface area contributed by atoms with Crippen molar-refractivity contribution in [3.8, 4) is 0 Å².